The summed E-state index contributed by atoms with van der Waals surface area (Å²) in [7, 11) is 0. The molecule has 0 spiro atoms. The molecule has 0 saturated carbocycles. The van der Waals surface area contributed by atoms with Gasteiger partial charge in [0.25, 0.3) is 5.91 Å². The van der Waals surface area contributed by atoms with Crippen LogP contribution in [0.15, 0.2) is 18.5 Å². The summed E-state index contributed by atoms with van der Waals surface area (Å²) >= 11 is 1.29. The van der Waals surface area contributed by atoms with Gasteiger partial charge in [0, 0.05) is 6.07 Å². The number of ether oxygens (including phenoxy) is 1. The maximum absolute atomic E-state index is 11.9. The number of fused-ring (bicyclic) bond motifs is 1. The van der Waals surface area contributed by atoms with E-state index in [-0.39, 0.29) is 18.4 Å². The molecule has 3 aromatic rings. The zero-order chi connectivity index (χ0) is 16.2. The first-order valence-corrected chi connectivity index (χ1v) is 7.78. The number of hydrogen-bond acceptors (Lipinski definition) is 8. The van der Waals surface area contributed by atoms with Gasteiger partial charge in [-0.25, -0.2) is 0 Å². The van der Waals surface area contributed by atoms with E-state index in [4.69, 9.17) is 4.74 Å². The summed E-state index contributed by atoms with van der Waals surface area (Å²) in [4.78, 5) is 12.8. The summed E-state index contributed by atoms with van der Waals surface area (Å²) in [5, 5.41) is 18.6. The Kier molecular flexibility index (Phi) is 4.42. The first kappa shape index (κ1) is 15.3. The largest absolute Gasteiger partial charge is 0.467 e. The summed E-state index contributed by atoms with van der Waals surface area (Å²) in [5.74, 6) is 0.366. The predicted octanol–water partition coefficient (Wildman–Crippen LogP) is 0.794. The zero-order valence-corrected chi connectivity index (χ0v) is 13.4. The maximum Gasteiger partial charge on any atom is 0.258 e. The summed E-state index contributed by atoms with van der Waals surface area (Å²) < 4.78 is 10.8. The summed E-state index contributed by atoms with van der Waals surface area (Å²) in [6.45, 7) is 4.35. The third-order valence-electron chi connectivity index (χ3n) is 3.07. The van der Waals surface area contributed by atoms with Crippen LogP contribution < -0.4 is 10.1 Å². The molecule has 3 heterocycles. The van der Waals surface area contributed by atoms with Gasteiger partial charge in [0.1, 0.15) is 6.33 Å². The molecule has 0 radical (unpaired) electrons. The van der Waals surface area contributed by atoms with Crippen LogP contribution in [0.4, 0.5) is 0 Å². The Morgan fingerprint density at radius 3 is 3.09 bits per heavy atom. The van der Waals surface area contributed by atoms with Gasteiger partial charge in [0.05, 0.1) is 17.1 Å². The molecular weight excluding hydrogens is 318 g/mol. The first-order chi connectivity index (χ1) is 11.1. The van der Waals surface area contributed by atoms with Crippen LogP contribution in [0.5, 0.6) is 5.88 Å². The van der Waals surface area contributed by atoms with Crippen LogP contribution in [0.25, 0.3) is 5.65 Å². The average Bonchev–Trinajstić information content (AvgIpc) is 3.18. The SMILES string of the molecule is CC(C)c1nnsc1CNC(=O)COc1ccc2nncn2n1. The van der Waals surface area contributed by atoms with Crippen molar-refractivity contribution in [2.45, 2.75) is 26.3 Å². The summed E-state index contributed by atoms with van der Waals surface area (Å²) in [6, 6.07) is 3.35. The number of nitrogens with one attached hydrogen (secondary N) is 1. The van der Waals surface area contributed by atoms with Gasteiger partial charge in [-0.3, -0.25) is 4.79 Å². The summed E-state index contributed by atoms with van der Waals surface area (Å²) in [6.07, 6.45) is 1.46. The highest BCUT2D eigenvalue weighted by Gasteiger charge is 2.13. The molecule has 1 amide bonds. The fraction of sp³-hybridized carbons (Fsp3) is 0.385. The van der Waals surface area contributed by atoms with Crippen LogP contribution in [0, 0.1) is 0 Å². The fourth-order valence-corrected chi connectivity index (χ4v) is 2.67. The molecule has 0 aliphatic rings. The average molecular weight is 333 g/mol. The molecule has 0 saturated heterocycles. The van der Waals surface area contributed by atoms with Crippen molar-refractivity contribution in [3.8, 4) is 5.88 Å². The number of rotatable bonds is 6. The van der Waals surface area contributed by atoms with E-state index < -0.39 is 0 Å². The van der Waals surface area contributed by atoms with Crippen molar-refractivity contribution in [2.24, 2.45) is 0 Å². The van der Waals surface area contributed by atoms with Crippen LogP contribution in [0.2, 0.25) is 0 Å². The minimum atomic E-state index is -0.237. The van der Waals surface area contributed by atoms with Crippen LogP contribution in [0.3, 0.4) is 0 Å². The van der Waals surface area contributed by atoms with E-state index in [9.17, 15) is 4.79 Å². The Labute approximate surface area is 135 Å². The minimum absolute atomic E-state index is 0.121. The minimum Gasteiger partial charge on any atom is -0.467 e. The lowest BCUT2D eigenvalue weighted by atomic mass is 10.1. The third kappa shape index (κ3) is 3.59. The normalized spacial score (nSPS) is 11.1. The lowest BCUT2D eigenvalue weighted by Crippen LogP contribution is -2.28. The molecule has 120 valence electrons. The molecule has 10 heteroatoms. The molecule has 3 aromatic heterocycles. The van der Waals surface area contributed by atoms with Crippen molar-refractivity contribution in [1.82, 2.24) is 34.7 Å². The Hall–Kier alpha value is -2.62. The smallest absolute Gasteiger partial charge is 0.258 e. The van der Waals surface area contributed by atoms with Gasteiger partial charge in [0.15, 0.2) is 12.3 Å². The Balaban J connectivity index is 1.52. The summed E-state index contributed by atoms with van der Waals surface area (Å²) in [5.41, 5.74) is 1.52. The highest BCUT2D eigenvalue weighted by molar-refractivity contribution is 7.05. The second kappa shape index (κ2) is 6.65. The number of aromatic nitrogens is 6. The Morgan fingerprint density at radius 1 is 1.39 bits per heavy atom. The highest BCUT2D eigenvalue weighted by atomic mass is 32.1. The molecule has 0 aliphatic heterocycles. The zero-order valence-electron chi connectivity index (χ0n) is 12.6. The van der Waals surface area contributed by atoms with E-state index in [1.54, 1.807) is 12.1 Å². The van der Waals surface area contributed by atoms with E-state index in [0.717, 1.165) is 10.6 Å². The van der Waals surface area contributed by atoms with Crippen LogP contribution >= 0.6 is 11.5 Å². The molecule has 0 fully saturated rings. The molecule has 0 bridgehead atoms. The molecule has 1 N–H and O–H groups in total. The van der Waals surface area contributed by atoms with Gasteiger partial charge in [-0.05, 0) is 23.5 Å². The first-order valence-electron chi connectivity index (χ1n) is 7.01. The Bertz CT molecular complexity index is 813. The van der Waals surface area contributed by atoms with E-state index in [2.05, 4.69) is 30.2 Å². The van der Waals surface area contributed by atoms with Crippen molar-refractivity contribution in [1.29, 1.82) is 0 Å². The van der Waals surface area contributed by atoms with Gasteiger partial charge in [-0.15, -0.1) is 20.4 Å². The topological polar surface area (TPSA) is 107 Å². The van der Waals surface area contributed by atoms with Gasteiger partial charge in [-0.2, -0.15) is 4.52 Å². The van der Waals surface area contributed by atoms with Gasteiger partial charge >= 0.3 is 0 Å². The molecule has 0 unspecified atom stereocenters. The quantitative estimate of drug-likeness (QED) is 0.710. The molecule has 3 rings (SSSR count). The van der Waals surface area contributed by atoms with E-state index >= 15 is 0 Å². The lowest BCUT2D eigenvalue weighted by molar-refractivity contribution is -0.123. The number of carbonyl (C=O) groups excluding carboxylic acids is 1. The van der Waals surface area contributed by atoms with Crippen molar-refractivity contribution in [3.63, 3.8) is 0 Å². The number of carbonyl (C=O) groups is 1. The van der Waals surface area contributed by atoms with Gasteiger partial charge in [0.2, 0.25) is 5.88 Å². The second-order valence-electron chi connectivity index (χ2n) is 5.11. The van der Waals surface area contributed by atoms with Gasteiger partial charge in [-0.1, -0.05) is 18.3 Å². The van der Waals surface area contributed by atoms with Gasteiger partial charge < -0.3 is 10.1 Å². The van der Waals surface area contributed by atoms with Crippen LogP contribution in [-0.2, 0) is 11.3 Å². The number of nitrogens with zero attached hydrogens (tertiary/aromatic N) is 6. The maximum atomic E-state index is 11.9. The molecule has 23 heavy (non-hydrogen) atoms. The predicted molar refractivity (Wildman–Crippen MR) is 82.1 cm³/mol. The second-order valence-corrected chi connectivity index (χ2v) is 5.95. The molecule has 0 aromatic carbocycles. The van der Waals surface area contributed by atoms with E-state index in [1.807, 2.05) is 13.8 Å². The van der Waals surface area contributed by atoms with E-state index in [0.29, 0.717) is 18.1 Å². The van der Waals surface area contributed by atoms with Crippen LogP contribution in [0.1, 0.15) is 30.3 Å². The lowest BCUT2D eigenvalue weighted by Gasteiger charge is -2.07. The standard InChI is InChI=1S/C13H15N7O2S/c1-8(2)13-9(23-19-17-13)5-14-11(21)6-22-12-4-3-10-16-15-7-20(10)18-12/h3-4,7-8H,5-6H2,1-2H3,(H,14,21). The molecule has 0 atom stereocenters. The van der Waals surface area contributed by atoms with Crippen molar-refractivity contribution >= 4 is 23.1 Å². The van der Waals surface area contributed by atoms with E-state index in [1.165, 1.54) is 22.4 Å². The number of amides is 1. The highest BCUT2D eigenvalue weighted by Crippen LogP contribution is 2.19. The number of hydrogen-bond donors (Lipinski definition) is 1. The molecule has 0 aliphatic carbocycles. The Morgan fingerprint density at radius 2 is 2.26 bits per heavy atom. The van der Waals surface area contributed by atoms with Crippen molar-refractivity contribution in [3.05, 3.63) is 29.0 Å². The monoisotopic (exact) mass is 333 g/mol. The fourth-order valence-electron chi connectivity index (χ4n) is 1.93. The molecule has 9 nitrogen and oxygen atoms in total. The molecular formula is C13H15N7O2S. The van der Waals surface area contributed by atoms with Crippen molar-refractivity contribution in [2.75, 3.05) is 6.61 Å². The van der Waals surface area contributed by atoms with Crippen LogP contribution in [-0.4, -0.2) is 41.9 Å². The van der Waals surface area contributed by atoms with Crippen molar-refractivity contribution < 1.29 is 9.53 Å². The third-order valence-corrected chi connectivity index (χ3v) is 3.80.